The molecule has 0 saturated carbocycles. The van der Waals surface area contributed by atoms with E-state index in [2.05, 4.69) is 4.98 Å². The van der Waals surface area contributed by atoms with Gasteiger partial charge in [-0.2, -0.15) is 0 Å². The van der Waals surface area contributed by atoms with Crippen LogP contribution in [0.5, 0.6) is 0 Å². The van der Waals surface area contributed by atoms with Gasteiger partial charge in [-0.1, -0.05) is 11.6 Å². The molecule has 1 aromatic carbocycles. The molecule has 0 fully saturated rings. The number of alkyl halides is 1. The van der Waals surface area contributed by atoms with Crippen molar-refractivity contribution < 1.29 is 5.11 Å². The van der Waals surface area contributed by atoms with E-state index in [0.29, 0.717) is 17.4 Å². The zero-order chi connectivity index (χ0) is 10.8. The third kappa shape index (κ3) is 1.95. The van der Waals surface area contributed by atoms with Crippen molar-refractivity contribution in [1.29, 1.82) is 0 Å². The summed E-state index contributed by atoms with van der Waals surface area (Å²) in [5.41, 5.74) is 1.76. The van der Waals surface area contributed by atoms with Crippen LogP contribution >= 0.6 is 23.2 Å². The fourth-order valence-corrected chi connectivity index (χ4v) is 1.97. The maximum atomic E-state index is 8.95. The lowest BCUT2D eigenvalue weighted by Crippen LogP contribution is -2.05. The van der Waals surface area contributed by atoms with Gasteiger partial charge in [-0.3, -0.25) is 0 Å². The second-order valence-electron chi connectivity index (χ2n) is 3.17. The van der Waals surface area contributed by atoms with E-state index in [9.17, 15) is 0 Å². The second-order valence-corrected chi connectivity index (χ2v) is 3.87. The fraction of sp³-hybridized carbons (Fsp3) is 0.300. The lowest BCUT2D eigenvalue weighted by molar-refractivity contribution is 0.276. The standard InChI is InChI=1S/C10H10Cl2N2O/c11-6-10-13-8-5-7(12)1-2-9(8)14(10)3-4-15/h1-2,5,15H,3-4,6H2. The zero-order valence-corrected chi connectivity index (χ0v) is 9.46. The summed E-state index contributed by atoms with van der Waals surface area (Å²) in [6.45, 7) is 0.568. The summed E-state index contributed by atoms with van der Waals surface area (Å²) in [5.74, 6) is 1.08. The molecule has 1 N–H and O–H groups in total. The van der Waals surface area contributed by atoms with Gasteiger partial charge in [0.25, 0.3) is 0 Å². The van der Waals surface area contributed by atoms with Crippen LogP contribution in [-0.2, 0) is 12.4 Å². The second kappa shape index (κ2) is 4.39. The molecule has 0 aliphatic carbocycles. The lowest BCUT2D eigenvalue weighted by atomic mass is 10.3. The molecule has 0 aliphatic heterocycles. The van der Waals surface area contributed by atoms with Gasteiger partial charge in [-0.25, -0.2) is 4.98 Å². The minimum absolute atomic E-state index is 0.0674. The molecule has 0 aliphatic rings. The number of benzene rings is 1. The Morgan fingerprint density at radius 2 is 2.20 bits per heavy atom. The van der Waals surface area contributed by atoms with Gasteiger partial charge in [0, 0.05) is 11.6 Å². The summed E-state index contributed by atoms with van der Waals surface area (Å²) in [4.78, 5) is 4.35. The molecule has 2 aromatic rings. The number of halogens is 2. The van der Waals surface area contributed by atoms with Crippen LogP contribution in [0.15, 0.2) is 18.2 Å². The third-order valence-corrected chi connectivity index (χ3v) is 2.71. The Hall–Kier alpha value is -0.770. The number of imidazole rings is 1. The smallest absolute Gasteiger partial charge is 0.124 e. The molecule has 1 aromatic heterocycles. The molecule has 2 rings (SSSR count). The average molecular weight is 245 g/mol. The van der Waals surface area contributed by atoms with Crippen LogP contribution in [-0.4, -0.2) is 21.3 Å². The Balaban J connectivity index is 2.63. The molecule has 0 saturated heterocycles. The average Bonchev–Trinajstić information content (AvgIpc) is 2.56. The van der Waals surface area contributed by atoms with Gasteiger partial charge in [0.05, 0.1) is 23.5 Å². The van der Waals surface area contributed by atoms with Crippen molar-refractivity contribution in [2.45, 2.75) is 12.4 Å². The van der Waals surface area contributed by atoms with Gasteiger partial charge in [0.15, 0.2) is 0 Å². The quantitative estimate of drug-likeness (QED) is 0.843. The number of hydrogen-bond acceptors (Lipinski definition) is 2. The summed E-state index contributed by atoms with van der Waals surface area (Å²) in [7, 11) is 0. The Bertz CT molecular complexity index is 481. The number of hydrogen-bond donors (Lipinski definition) is 1. The lowest BCUT2D eigenvalue weighted by Gasteiger charge is -2.04. The molecule has 0 unspecified atom stereocenters. The third-order valence-electron chi connectivity index (χ3n) is 2.23. The molecule has 15 heavy (non-hydrogen) atoms. The van der Waals surface area contributed by atoms with Gasteiger partial charge in [0.2, 0.25) is 0 Å². The Morgan fingerprint density at radius 1 is 1.40 bits per heavy atom. The van der Waals surface area contributed by atoms with Crippen molar-refractivity contribution in [2.24, 2.45) is 0 Å². The monoisotopic (exact) mass is 244 g/mol. The largest absolute Gasteiger partial charge is 0.395 e. The fourth-order valence-electron chi connectivity index (χ4n) is 1.60. The SMILES string of the molecule is OCCn1c(CCl)nc2cc(Cl)ccc21. The van der Waals surface area contributed by atoms with Crippen molar-refractivity contribution in [3.63, 3.8) is 0 Å². The van der Waals surface area contributed by atoms with Crippen LogP contribution in [0.4, 0.5) is 0 Å². The topological polar surface area (TPSA) is 38.0 Å². The van der Waals surface area contributed by atoms with Crippen molar-refractivity contribution in [3.05, 3.63) is 29.0 Å². The van der Waals surface area contributed by atoms with E-state index in [0.717, 1.165) is 16.9 Å². The molecule has 0 bridgehead atoms. The molecular formula is C10H10Cl2N2O. The molecule has 0 radical (unpaired) electrons. The van der Waals surface area contributed by atoms with Crippen LogP contribution in [0.2, 0.25) is 5.02 Å². The first-order valence-corrected chi connectivity index (χ1v) is 5.49. The van der Waals surface area contributed by atoms with Gasteiger partial charge >= 0.3 is 0 Å². The molecule has 80 valence electrons. The number of aliphatic hydroxyl groups excluding tert-OH is 1. The Morgan fingerprint density at radius 3 is 2.87 bits per heavy atom. The highest BCUT2D eigenvalue weighted by Crippen LogP contribution is 2.21. The zero-order valence-electron chi connectivity index (χ0n) is 7.95. The highest BCUT2D eigenvalue weighted by Gasteiger charge is 2.09. The Kier molecular flexibility index (Phi) is 3.14. The molecule has 0 atom stereocenters. The van der Waals surface area contributed by atoms with Crippen molar-refractivity contribution >= 4 is 34.2 Å². The number of fused-ring (bicyclic) bond motifs is 1. The summed E-state index contributed by atoms with van der Waals surface area (Å²) in [6, 6.07) is 5.48. The van der Waals surface area contributed by atoms with Gasteiger partial charge in [-0.15, -0.1) is 11.6 Å². The molecule has 3 nitrogen and oxygen atoms in total. The van der Waals surface area contributed by atoms with E-state index < -0.39 is 0 Å². The van der Waals surface area contributed by atoms with E-state index in [1.165, 1.54) is 0 Å². The Labute approximate surface area is 97.2 Å². The van der Waals surface area contributed by atoms with Crippen LogP contribution < -0.4 is 0 Å². The number of rotatable bonds is 3. The van der Waals surface area contributed by atoms with Crippen LogP contribution in [0, 0.1) is 0 Å². The predicted molar refractivity (Wildman–Crippen MR) is 61.4 cm³/mol. The van der Waals surface area contributed by atoms with E-state index in [4.69, 9.17) is 28.3 Å². The first-order valence-electron chi connectivity index (χ1n) is 4.57. The maximum absolute atomic E-state index is 8.95. The van der Waals surface area contributed by atoms with Gasteiger partial charge in [0.1, 0.15) is 5.82 Å². The maximum Gasteiger partial charge on any atom is 0.124 e. The summed E-state index contributed by atoms with van der Waals surface area (Å²) in [6.07, 6.45) is 0. The van der Waals surface area contributed by atoms with E-state index in [-0.39, 0.29) is 6.61 Å². The highest BCUT2D eigenvalue weighted by molar-refractivity contribution is 6.31. The molecule has 5 heteroatoms. The normalized spacial score (nSPS) is 11.1. The van der Waals surface area contributed by atoms with Crippen molar-refractivity contribution in [3.8, 4) is 0 Å². The molecule has 0 amide bonds. The predicted octanol–water partition coefficient (Wildman–Crippen LogP) is 2.42. The van der Waals surface area contributed by atoms with E-state index in [1.54, 1.807) is 12.1 Å². The molecular weight excluding hydrogens is 235 g/mol. The number of aromatic nitrogens is 2. The minimum atomic E-state index is 0.0674. The van der Waals surface area contributed by atoms with Crippen molar-refractivity contribution in [2.75, 3.05) is 6.61 Å². The summed E-state index contributed by atoms with van der Waals surface area (Å²) < 4.78 is 1.90. The first-order chi connectivity index (χ1) is 7.26. The minimum Gasteiger partial charge on any atom is -0.395 e. The highest BCUT2D eigenvalue weighted by atomic mass is 35.5. The van der Waals surface area contributed by atoms with E-state index in [1.807, 2.05) is 10.6 Å². The summed E-state index contributed by atoms with van der Waals surface area (Å²) in [5, 5.41) is 9.60. The number of aliphatic hydroxyl groups is 1. The summed E-state index contributed by atoms with van der Waals surface area (Å²) >= 11 is 11.7. The van der Waals surface area contributed by atoms with Gasteiger partial charge < -0.3 is 9.67 Å². The van der Waals surface area contributed by atoms with Crippen LogP contribution in [0.25, 0.3) is 11.0 Å². The molecule has 0 spiro atoms. The molecule has 1 heterocycles. The van der Waals surface area contributed by atoms with Gasteiger partial charge in [-0.05, 0) is 18.2 Å². The van der Waals surface area contributed by atoms with Crippen LogP contribution in [0.3, 0.4) is 0 Å². The first kappa shape index (κ1) is 10.7. The van der Waals surface area contributed by atoms with E-state index >= 15 is 0 Å². The van der Waals surface area contributed by atoms with Crippen LogP contribution in [0.1, 0.15) is 5.82 Å². The number of nitrogens with zero attached hydrogens (tertiary/aromatic N) is 2. The van der Waals surface area contributed by atoms with Crippen molar-refractivity contribution in [1.82, 2.24) is 9.55 Å².